The molecule has 0 aliphatic heterocycles. The van der Waals surface area contributed by atoms with Crippen molar-refractivity contribution in [3.8, 4) is 0 Å². The SMILES string of the molecule is CN(Cc1ccccc1F)C(=O)COC(=O)Cn1ccc(C(F)(F)F)n1. The molecule has 0 aliphatic carbocycles. The maximum absolute atomic E-state index is 13.5. The van der Waals surface area contributed by atoms with Crippen LogP contribution in [0.2, 0.25) is 0 Å². The van der Waals surface area contributed by atoms with E-state index in [9.17, 15) is 27.2 Å². The Hall–Kier alpha value is -2.91. The second-order valence-electron chi connectivity index (χ2n) is 5.40. The van der Waals surface area contributed by atoms with Crippen LogP contribution in [0.25, 0.3) is 0 Å². The van der Waals surface area contributed by atoms with E-state index in [2.05, 4.69) is 5.10 Å². The number of likely N-dealkylation sites (N-methyl/N-ethyl adjacent to an activating group) is 1. The Balaban J connectivity index is 1.82. The van der Waals surface area contributed by atoms with Crippen molar-refractivity contribution in [3.63, 3.8) is 0 Å². The predicted molar refractivity (Wildman–Crippen MR) is 81.1 cm³/mol. The van der Waals surface area contributed by atoms with Gasteiger partial charge in [-0.1, -0.05) is 18.2 Å². The van der Waals surface area contributed by atoms with Crippen LogP contribution in [-0.2, 0) is 33.6 Å². The zero-order chi connectivity index (χ0) is 19.3. The van der Waals surface area contributed by atoms with Crippen LogP contribution in [-0.4, -0.2) is 40.2 Å². The van der Waals surface area contributed by atoms with Crippen molar-refractivity contribution in [1.82, 2.24) is 14.7 Å². The molecule has 1 heterocycles. The summed E-state index contributed by atoms with van der Waals surface area (Å²) in [6, 6.07) is 6.63. The number of rotatable bonds is 6. The number of ether oxygens (including phenoxy) is 1. The van der Waals surface area contributed by atoms with Crippen molar-refractivity contribution in [2.24, 2.45) is 0 Å². The van der Waals surface area contributed by atoms with Gasteiger partial charge in [0.1, 0.15) is 12.4 Å². The highest BCUT2D eigenvalue weighted by Gasteiger charge is 2.33. The third-order valence-electron chi connectivity index (χ3n) is 3.37. The van der Waals surface area contributed by atoms with Crippen LogP contribution in [0.4, 0.5) is 17.6 Å². The van der Waals surface area contributed by atoms with E-state index in [-0.39, 0.29) is 6.54 Å². The van der Waals surface area contributed by atoms with Crippen LogP contribution in [0, 0.1) is 5.82 Å². The summed E-state index contributed by atoms with van der Waals surface area (Å²) in [5, 5.41) is 3.20. The van der Waals surface area contributed by atoms with Crippen LogP contribution in [0.15, 0.2) is 36.5 Å². The lowest BCUT2D eigenvalue weighted by atomic mass is 10.2. The van der Waals surface area contributed by atoms with Crippen LogP contribution in [0.3, 0.4) is 0 Å². The van der Waals surface area contributed by atoms with Crippen molar-refractivity contribution < 1.29 is 31.9 Å². The number of hydrogen-bond acceptors (Lipinski definition) is 4. The van der Waals surface area contributed by atoms with Gasteiger partial charge in [-0.3, -0.25) is 14.3 Å². The minimum atomic E-state index is -4.61. The molecule has 0 radical (unpaired) electrons. The highest BCUT2D eigenvalue weighted by molar-refractivity contribution is 5.80. The van der Waals surface area contributed by atoms with Crippen LogP contribution < -0.4 is 0 Å². The van der Waals surface area contributed by atoms with E-state index in [1.165, 1.54) is 30.1 Å². The zero-order valence-corrected chi connectivity index (χ0v) is 13.7. The lowest BCUT2D eigenvalue weighted by Crippen LogP contribution is -2.31. The van der Waals surface area contributed by atoms with Gasteiger partial charge in [-0.05, 0) is 12.1 Å². The molecule has 1 aromatic carbocycles. The molecule has 26 heavy (non-hydrogen) atoms. The number of nitrogens with zero attached hydrogens (tertiary/aromatic N) is 3. The topological polar surface area (TPSA) is 64.4 Å². The van der Waals surface area contributed by atoms with Gasteiger partial charge in [0.05, 0.1) is 0 Å². The van der Waals surface area contributed by atoms with Gasteiger partial charge in [0.25, 0.3) is 5.91 Å². The molecule has 140 valence electrons. The van der Waals surface area contributed by atoms with E-state index < -0.39 is 42.7 Å². The Morgan fingerprint density at radius 3 is 2.54 bits per heavy atom. The number of carbonyl (C=O) groups is 2. The van der Waals surface area contributed by atoms with Gasteiger partial charge in [-0.25, -0.2) is 4.39 Å². The lowest BCUT2D eigenvalue weighted by Gasteiger charge is -2.17. The summed E-state index contributed by atoms with van der Waals surface area (Å²) >= 11 is 0. The fraction of sp³-hybridized carbons (Fsp3) is 0.312. The Bertz CT molecular complexity index is 789. The molecule has 0 atom stereocenters. The third kappa shape index (κ3) is 5.30. The van der Waals surface area contributed by atoms with Gasteiger partial charge in [-0.15, -0.1) is 0 Å². The fourth-order valence-electron chi connectivity index (χ4n) is 2.00. The first kappa shape index (κ1) is 19.4. The minimum Gasteiger partial charge on any atom is -0.454 e. The van der Waals surface area contributed by atoms with Crippen molar-refractivity contribution in [2.75, 3.05) is 13.7 Å². The number of benzene rings is 1. The molecule has 0 aliphatic rings. The number of hydrogen-bond donors (Lipinski definition) is 0. The van der Waals surface area contributed by atoms with E-state index in [4.69, 9.17) is 4.74 Å². The molecule has 1 amide bonds. The zero-order valence-electron chi connectivity index (χ0n) is 13.7. The second-order valence-corrected chi connectivity index (χ2v) is 5.40. The lowest BCUT2D eigenvalue weighted by molar-refractivity contribution is -0.152. The van der Waals surface area contributed by atoms with Gasteiger partial charge in [0.15, 0.2) is 12.3 Å². The number of halogens is 4. The molecular formula is C16H15F4N3O3. The summed E-state index contributed by atoms with van der Waals surface area (Å²) in [6.45, 7) is -1.20. The average molecular weight is 373 g/mol. The number of esters is 1. The van der Waals surface area contributed by atoms with Crippen molar-refractivity contribution in [3.05, 3.63) is 53.6 Å². The molecule has 2 rings (SSSR count). The molecule has 1 aromatic heterocycles. The second kappa shape index (κ2) is 7.98. The van der Waals surface area contributed by atoms with Gasteiger partial charge in [0.2, 0.25) is 0 Å². The summed E-state index contributed by atoms with van der Waals surface area (Å²) < 4.78 is 56.3. The molecule has 6 nitrogen and oxygen atoms in total. The molecule has 10 heteroatoms. The molecule has 2 aromatic rings. The maximum atomic E-state index is 13.5. The van der Waals surface area contributed by atoms with E-state index in [1.54, 1.807) is 6.07 Å². The highest BCUT2D eigenvalue weighted by Crippen LogP contribution is 2.27. The standard InChI is InChI=1S/C16H15F4N3O3/c1-22(8-11-4-2-3-5-12(11)17)14(24)10-26-15(25)9-23-7-6-13(21-23)16(18,19)20/h2-7H,8-10H2,1H3. The molecule has 0 fully saturated rings. The first-order valence-corrected chi connectivity index (χ1v) is 7.40. The number of carbonyl (C=O) groups excluding carboxylic acids is 2. The third-order valence-corrected chi connectivity index (χ3v) is 3.37. The minimum absolute atomic E-state index is 0.0167. The smallest absolute Gasteiger partial charge is 0.435 e. The normalized spacial score (nSPS) is 11.3. The molecule has 0 bridgehead atoms. The number of aromatic nitrogens is 2. The number of amides is 1. The maximum Gasteiger partial charge on any atom is 0.435 e. The van der Waals surface area contributed by atoms with Crippen LogP contribution in [0.1, 0.15) is 11.3 Å². The van der Waals surface area contributed by atoms with Crippen LogP contribution in [0.5, 0.6) is 0 Å². The summed E-state index contributed by atoms with van der Waals surface area (Å²) in [5.41, 5.74) is -0.836. The van der Waals surface area contributed by atoms with E-state index in [0.717, 1.165) is 16.9 Å². The van der Waals surface area contributed by atoms with E-state index in [1.807, 2.05) is 0 Å². The Labute approximate surface area is 146 Å². The Kier molecular flexibility index (Phi) is 5.96. The average Bonchev–Trinajstić information content (AvgIpc) is 3.03. The van der Waals surface area contributed by atoms with Gasteiger partial charge in [-0.2, -0.15) is 18.3 Å². The van der Waals surface area contributed by atoms with Crippen molar-refractivity contribution in [1.29, 1.82) is 0 Å². The Morgan fingerprint density at radius 1 is 1.23 bits per heavy atom. The Morgan fingerprint density at radius 2 is 1.92 bits per heavy atom. The largest absolute Gasteiger partial charge is 0.454 e. The molecule has 0 saturated carbocycles. The quantitative estimate of drug-likeness (QED) is 0.576. The van der Waals surface area contributed by atoms with Gasteiger partial charge < -0.3 is 9.64 Å². The fourth-order valence-corrected chi connectivity index (χ4v) is 2.00. The van der Waals surface area contributed by atoms with Crippen molar-refractivity contribution in [2.45, 2.75) is 19.3 Å². The van der Waals surface area contributed by atoms with E-state index >= 15 is 0 Å². The van der Waals surface area contributed by atoms with Crippen LogP contribution >= 0.6 is 0 Å². The number of alkyl halides is 3. The van der Waals surface area contributed by atoms with Crippen molar-refractivity contribution >= 4 is 11.9 Å². The van der Waals surface area contributed by atoms with Gasteiger partial charge in [0, 0.05) is 25.4 Å². The summed E-state index contributed by atoms with van der Waals surface area (Å²) in [7, 11) is 1.41. The molecular weight excluding hydrogens is 358 g/mol. The first-order chi connectivity index (χ1) is 12.2. The summed E-state index contributed by atoms with van der Waals surface area (Å²) in [4.78, 5) is 24.7. The first-order valence-electron chi connectivity index (χ1n) is 7.40. The summed E-state index contributed by atoms with van der Waals surface area (Å²) in [6.07, 6.45) is -3.63. The summed E-state index contributed by atoms with van der Waals surface area (Å²) in [5.74, 6) is -1.98. The molecule has 0 N–H and O–H groups in total. The van der Waals surface area contributed by atoms with Gasteiger partial charge >= 0.3 is 12.1 Å². The highest BCUT2D eigenvalue weighted by atomic mass is 19.4. The monoisotopic (exact) mass is 373 g/mol. The molecule has 0 spiro atoms. The van der Waals surface area contributed by atoms with E-state index in [0.29, 0.717) is 5.56 Å². The molecule has 0 saturated heterocycles. The molecule has 0 unspecified atom stereocenters. The predicted octanol–water partition coefficient (Wildman–Crippen LogP) is 2.24.